The van der Waals surface area contributed by atoms with Gasteiger partial charge in [-0.05, 0) is 28.7 Å². The SMILES string of the molecule is CC[C@H](CC(=O)Nc1cc(C(=O)O)n(C)n1)NC(=O)OCC1c2ccccc2-c2ccccc21. The zero-order valence-corrected chi connectivity index (χ0v) is 18.9. The minimum atomic E-state index is -1.14. The average Bonchev–Trinajstić information content (AvgIpc) is 3.34. The van der Waals surface area contributed by atoms with Gasteiger partial charge in [-0.25, -0.2) is 9.59 Å². The fourth-order valence-electron chi connectivity index (χ4n) is 4.25. The van der Waals surface area contributed by atoms with E-state index in [1.807, 2.05) is 43.3 Å². The van der Waals surface area contributed by atoms with E-state index in [2.05, 4.69) is 27.9 Å². The Morgan fingerprint density at radius 3 is 2.26 bits per heavy atom. The third-order valence-electron chi connectivity index (χ3n) is 5.96. The standard InChI is InChI=1S/C25H26N4O5/c1-3-15(12-23(30)27-22-13-21(24(31)32)29(2)28-22)26-25(33)34-14-20-18-10-6-4-8-16(18)17-9-5-7-11-19(17)20/h4-11,13,15,20H,3,12,14H2,1-2H3,(H,26,33)(H,31,32)(H,27,28,30)/t15-/m1/s1. The Hall–Kier alpha value is -4.14. The van der Waals surface area contributed by atoms with Crippen LogP contribution in [0.5, 0.6) is 0 Å². The summed E-state index contributed by atoms with van der Waals surface area (Å²) in [6.07, 6.45) is -0.0765. The summed E-state index contributed by atoms with van der Waals surface area (Å²) in [5.74, 6) is -1.44. The Kier molecular flexibility index (Phi) is 6.62. The van der Waals surface area contributed by atoms with Crippen molar-refractivity contribution in [3.05, 3.63) is 71.4 Å². The maximum atomic E-state index is 12.5. The van der Waals surface area contributed by atoms with E-state index in [0.29, 0.717) is 6.42 Å². The molecule has 176 valence electrons. The molecule has 1 aromatic heterocycles. The van der Waals surface area contributed by atoms with Crippen LogP contribution in [0.1, 0.15) is 47.3 Å². The van der Waals surface area contributed by atoms with Crippen molar-refractivity contribution in [3.63, 3.8) is 0 Å². The highest BCUT2D eigenvalue weighted by Gasteiger charge is 2.29. The lowest BCUT2D eigenvalue weighted by Gasteiger charge is -2.18. The summed E-state index contributed by atoms with van der Waals surface area (Å²) >= 11 is 0. The predicted molar refractivity (Wildman–Crippen MR) is 126 cm³/mol. The summed E-state index contributed by atoms with van der Waals surface area (Å²) in [4.78, 5) is 36.0. The monoisotopic (exact) mass is 462 g/mol. The molecule has 3 N–H and O–H groups in total. The number of aromatic carboxylic acids is 1. The van der Waals surface area contributed by atoms with Crippen molar-refractivity contribution in [2.75, 3.05) is 11.9 Å². The number of fused-ring (bicyclic) bond motifs is 3. The second-order valence-corrected chi connectivity index (χ2v) is 8.17. The smallest absolute Gasteiger partial charge is 0.407 e. The van der Waals surface area contributed by atoms with Gasteiger partial charge in [-0.2, -0.15) is 5.10 Å². The molecular weight excluding hydrogens is 436 g/mol. The highest BCUT2D eigenvalue weighted by atomic mass is 16.5. The summed E-state index contributed by atoms with van der Waals surface area (Å²) in [6.45, 7) is 2.04. The van der Waals surface area contributed by atoms with Crippen LogP contribution in [0, 0.1) is 0 Å². The molecule has 0 bridgehead atoms. The number of carboxylic acid groups (broad SMARTS) is 1. The Morgan fingerprint density at radius 2 is 1.71 bits per heavy atom. The number of carboxylic acids is 1. The third-order valence-corrected chi connectivity index (χ3v) is 5.96. The molecule has 4 rings (SSSR count). The van der Waals surface area contributed by atoms with Crippen molar-refractivity contribution in [2.45, 2.75) is 31.7 Å². The van der Waals surface area contributed by atoms with Crippen molar-refractivity contribution in [1.82, 2.24) is 15.1 Å². The number of nitrogens with zero attached hydrogens (tertiary/aromatic N) is 2. The molecule has 3 aromatic rings. The van der Waals surface area contributed by atoms with Gasteiger partial charge in [-0.1, -0.05) is 55.5 Å². The molecule has 0 unspecified atom stereocenters. The Morgan fingerprint density at radius 1 is 1.09 bits per heavy atom. The van der Waals surface area contributed by atoms with Gasteiger partial charge in [0, 0.05) is 31.5 Å². The molecule has 1 aliphatic carbocycles. The molecule has 9 nitrogen and oxygen atoms in total. The number of aryl methyl sites for hydroxylation is 1. The fourth-order valence-corrected chi connectivity index (χ4v) is 4.25. The number of anilines is 1. The summed E-state index contributed by atoms with van der Waals surface area (Å²) in [6, 6.07) is 17.0. The Bertz CT molecular complexity index is 1190. The number of hydrogen-bond donors (Lipinski definition) is 3. The first kappa shape index (κ1) is 23.0. The molecule has 1 aliphatic rings. The molecule has 0 radical (unpaired) electrons. The number of ether oxygens (including phenoxy) is 1. The molecule has 0 saturated heterocycles. The van der Waals surface area contributed by atoms with Crippen LogP contribution < -0.4 is 10.6 Å². The van der Waals surface area contributed by atoms with Gasteiger partial charge in [0.05, 0.1) is 0 Å². The second kappa shape index (κ2) is 9.78. The molecule has 2 amide bonds. The van der Waals surface area contributed by atoms with E-state index in [0.717, 1.165) is 22.3 Å². The van der Waals surface area contributed by atoms with E-state index in [4.69, 9.17) is 9.84 Å². The number of benzene rings is 2. The topological polar surface area (TPSA) is 123 Å². The van der Waals surface area contributed by atoms with Gasteiger partial charge in [-0.15, -0.1) is 0 Å². The Labute approximate surface area is 196 Å². The van der Waals surface area contributed by atoms with Crippen LogP contribution in [0.2, 0.25) is 0 Å². The molecule has 2 aromatic carbocycles. The van der Waals surface area contributed by atoms with Gasteiger partial charge in [0.2, 0.25) is 5.91 Å². The normalized spacial score (nSPS) is 13.0. The minimum Gasteiger partial charge on any atom is -0.477 e. The van der Waals surface area contributed by atoms with E-state index in [1.165, 1.54) is 17.8 Å². The number of carbonyl (C=O) groups excluding carboxylic acids is 2. The largest absolute Gasteiger partial charge is 0.477 e. The third kappa shape index (κ3) is 4.78. The molecule has 9 heteroatoms. The van der Waals surface area contributed by atoms with Crippen LogP contribution in [0.3, 0.4) is 0 Å². The maximum Gasteiger partial charge on any atom is 0.407 e. The van der Waals surface area contributed by atoms with E-state index < -0.39 is 18.1 Å². The molecule has 0 spiro atoms. The number of aromatic nitrogens is 2. The van der Waals surface area contributed by atoms with Gasteiger partial charge in [0.15, 0.2) is 5.82 Å². The van der Waals surface area contributed by atoms with Crippen molar-refractivity contribution in [1.29, 1.82) is 0 Å². The van der Waals surface area contributed by atoms with Gasteiger partial charge in [0.25, 0.3) is 0 Å². The maximum absolute atomic E-state index is 12.5. The lowest BCUT2D eigenvalue weighted by atomic mass is 9.98. The molecule has 1 heterocycles. The first-order valence-corrected chi connectivity index (χ1v) is 11.1. The van der Waals surface area contributed by atoms with Gasteiger partial charge >= 0.3 is 12.1 Å². The zero-order chi connectivity index (χ0) is 24.2. The van der Waals surface area contributed by atoms with Gasteiger partial charge in [0.1, 0.15) is 12.3 Å². The van der Waals surface area contributed by atoms with E-state index in [9.17, 15) is 14.4 Å². The van der Waals surface area contributed by atoms with E-state index >= 15 is 0 Å². The van der Waals surface area contributed by atoms with Crippen molar-refractivity contribution >= 4 is 23.8 Å². The van der Waals surface area contributed by atoms with Crippen LogP contribution >= 0.6 is 0 Å². The van der Waals surface area contributed by atoms with Crippen molar-refractivity contribution in [2.24, 2.45) is 7.05 Å². The molecule has 1 atom stereocenters. The fraction of sp³-hybridized carbons (Fsp3) is 0.280. The van der Waals surface area contributed by atoms with E-state index in [1.54, 1.807) is 0 Å². The highest BCUT2D eigenvalue weighted by Crippen LogP contribution is 2.44. The number of amides is 2. The van der Waals surface area contributed by atoms with Crippen LogP contribution in [0.15, 0.2) is 54.6 Å². The van der Waals surface area contributed by atoms with Crippen LogP contribution in [-0.4, -0.2) is 45.5 Å². The predicted octanol–water partition coefficient (Wildman–Crippen LogP) is 3.76. The average molecular weight is 463 g/mol. The van der Waals surface area contributed by atoms with Gasteiger partial charge < -0.3 is 20.5 Å². The molecule has 0 fully saturated rings. The summed E-state index contributed by atoms with van der Waals surface area (Å²) in [5, 5.41) is 18.4. The first-order chi connectivity index (χ1) is 16.4. The minimum absolute atomic E-state index is 0.000323. The lowest BCUT2D eigenvalue weighted by Crippen LogP contribution is -2.38. The molecular formula is C25H26N4O5. The zero-order valence-electron chi connectivity index (χ0n) is 18.9. The van der Waals surface area contributed by atoms with Crippen LogP contribution in [0.4, 0.5) is 10.6 Å². The van der Waals surface area contributed by atoms with Crippen LogP contribution in [0.25, 0.3) is 11.1 Å². The number of nitrogens with one attached hydrogen (secondary N) is 2. The Balaban J connectivity index is 1.33. The molecule has 0 saturated carbocycles. The summed E-state index contributed by atoms with van der Waals surface area (Å²) in [5.41, 5.74) is 4.50. The summed E-state index contributed by atoms with van der Waals surface area (Å²) in [7, 11) is 1.48. The van der Waals surface area contributed by atoms with Gasteiger partial charge in [-0.3, -0.25) is 9.48 Å². The van der Waals surface area contributed by atoms with Crippen molar-refractivity contribution < 1.29 is 24.2 Å². The molecule has 34 heavy (non-hydrogen) atoms. The van der Waals surface area contributed by atoms with E-state index in [-0.39, 0.29) is 36.4 Å². The van der Waals surface area contributed by atoms with Crippen molar-refractivity contribution in [3.8, 4) is 11.1 Å². The number of hydrogen-bond acceptors (Lipinski definition) is 5. The second-order valence-electron chi connectivity index (χ2n) is 8.17. The van der Waals surface area contributed by atoms with Crippen LogP contribution in [-0.2, 0) is 16.6 Å². The number of alkyl carbamates (subject to hydrolysis) is 1. The number of rotatable bonds is 8. The highest BCUT2D eigenvalue weighted by molar-refractivity contribution is 5.92. The first-order valence-electron chi connectivity index (χ1n) is 11.1. The molecule has 0 aliphatic heterocycles. The summed E-state index contributed by atoms with van der Waals surface area (Å²) < 4.78 is 6.73. The number of carbonyl (C=O) groups is 3. The quantitative estimate of drug-likeness (QED) is 0.468. The lowest BCUT2D eigenvalue weighted by molar-refractivity contribution is -0.116.